The van der Waals surface area contributed by atoms with Gasteiger partial charge in [-0.1, -0.05) is 0 Å². The Morgan fingerprint density at radius 1 is 1.38 bits per heavy atom. The van der Waals surface area contributed by atoms with E-state index in [1.807, 2.05) is 0 Å². The maximum atomic E-state index is 11.8. The van der Waals surface area contributed by atoms with Crippen molar-refractivity contribution in [3.8, 4) is 0 Å². The lowest BCUT2D eigenvalue weighted by Gasteiger charge is -2.22. The molecule has 0 aliphatic rings. The highest BCUT2D eigenvalue weighted by Crippen LogP contribution is 2.19. The van der Waals surface area contributed by atoms with Crippen molar-refractivity contribution in [2.24, 2.45) is 5.73 Å². The van der Waals surface area contributed by atoms with E-state index in [2.05, 4.69) is 4.74 Å². The van der Waals surface area contributed by atoms with Gasteiger partial charge in [-0.05, 0) is 13.8 Å². The second-order valence-electron chi connectivity index (χ2n) is 3.56. The Bertz CT molecular complexity index is 229. The van der Waals surface area contributed by atoms with Gasteiger partial charge in [0.05, 0.1) is 26.2 Å². The first-order valence-corrected chi connectivity index (χ1v) is 4.79. The summed E-state index contributed by atoms with van der Waals surface area (Å²) in [5.74, 6) is -0.693. The van der Waals surface area contributed by atoms with E-state index in [0.29, 0.717) is 0 Å². The molecule has 0 saturated carbocycles. The number of esters is 1. The summed E-state index contributed by atoms with van der Waals surface area (Å²) in [5.41, 5.74) is 4.10. The first-order valence-electron chi connectivity index (χ1n) is 4.79. The molecule has 0 aromatic carbocycles. The molecule has 0 heterocycles. The van der Waals surface area contributed by atoms with Crippen LogP contribution in [-0.2, 0) is 14.3 Å². The maximum absolute atomic E-state index is 11.8. The van der Waals surface area contributed by atoms with Crippen molar-refractivity contribution in [2.75, 3.05) is 19.8 Å². The Balaban J connectivity index is 3.87. The van der Waals surface area contributed by atoms with Gasteiger partial charge in [0.25, 0.3) is 0 Å². The zero-order valence-corrected chi connectivity index (χ0v) is 9.26. The fraction of sp³-hybridized carbons (Fsp3) is 0.889. The highest BCUT2D eigenvalue weighted by Gasteiger charge is 2.31. The number of carbonyl (C=O) groups is 1. The van der Waals surface area contributed by atoms with Crippen LogP contribution in [0.3, 0.4) is 0 Å². The summed E-state index contributed by atoms with van der Waals surface area (Å²) in [5, 5.41) is 0. The highest BCUT2D eigenvalue weighted by molar-refractivity contribution is 5.80. The minimum absolute atomic E-state index is 0.161. The quantitative estimate of drug-likeness (QED) is 0.563. The molecule has 96 valence electrons. The van der Waals surface area contributed by atoms with Crippen LogP contribution in [-0.4, -0.2) is 37.5 Å². The summed E-state index contributed by atoms with van der Waals surface area (Å²) in [6, 6.07) is 0. The number of ether oxygens (including phenoxy) is 2. The van der Waals surface area contributed by atoms with Crippen LogP contribution in [0.15, 0.2) is 0 Å². The summed E-state index contributed by atoms with van der Waals surface area (Å²) >= 11 is 0. The average Bonchev–Trinajstić information content (AvgIpc) is 2.11. The summed E-state index contributed by atoms with van der Waals surface area (Å²) < 4.78 is 44.6. The fourth-order valence-electron chi connectivity index (χ4n) is 0.827. The Kier molecular flexibility index (Phi) is 5.74. The molecule has 4 nitrogen and oxygen atoms in total. The van der Waals surface area contributed by atoms with Crippen LogP contribution >= 0.6 is 0 Å². The van der Waals surface area contributed by atoms with Crippen LogP contribution in [0.25, 0.3) is 0 Å². The number of nitrogens with two attached hydrogens (primary N) is 1. The molecule has 1 atom stereocenters. The SMILES string of the molecule is CCOC(=O)C(C)(N)COCCC(F)(F)F. The van der Waals surface area contributed by atoms with Gasteiger partial charge in [0.15, 0.2) is 0 Å². The lowest BCUT2D eigenvalue weighted by Crippen LogP contribution is -2.50. The topological polar surface area (TPSA) is 61.5 Å². The molecule has 0 saturated heterocycles. The van der Waals surface area contributed by atoms with E-state index in [0.717, 1.165) is 0 Å². The van der Waals surface area contributed by atoms with E-state index in [-0.39, 0.29) is 13.2 Å². The third-order valence-corrected chi connectivity index (χ3v) is 1.67. The molecule has 0 aliphatic carbocycles. The van der Waals surface area contributed by atoms with Crippen molar-refractivity contribution >= 4 is 5.97 Å². The van der Waals surface area contributed by atoms with Gasteiger partial charge in [-0.3, -0.25) is 0 Å². The minimum Gasteiger partial charge on any atom is -0.465 e. The van der Waals surface area contributed by atoms with Gasteiger partial charge < -0.3 is 15.2 Å². The second-order valence-corrected chi connectivity index (χ2v) is 3.56. The third-order valence-electron chi connectivity index (χ3n) is 1.67. The van der Waals surface area contributed by atoms with Crippen molar-refractivity contribution in [3.63, 3.8) is 0 Å². The molecule has 0 aromatic rings. The molecule has 0 radical (unpaired) electrons. The Morgan fingerprint density at radius 3 is 2.38 bits per heavy atom. The summed E-state index contributed by atoms with van der Waals surface area (Å²) in [6.45, 7) is 2.29. The molecule has 2 N–H and O–H groups in total. The Hall–Kier alpha value is -0.820. The number of hydrogen-bond acceptors (Lipinski definition) is 4. The van der Waals surface area contributed by atoms with Crippen LogP contribution < -0.4 is 5.73 Å². The molecule has 16 heavy (non-hydrogen) atoms. The number of alkyl halides is 3. The lowest BCUT2D eigenvalue weighted by molar-refractivity contribution is -0.155. The van der Waals surface area contributed by atoms with E-state index >= 15 is 0 Å². The van der Waals surface area contributed by atoms with Crippen LogP contribution in [0, 0.1) is 0 Å². The molecule has 1 unspecified atom stereocenters. The molecule has 0 bridgehead atoms. The number of hydrogen-bond donors (Lipinski definition) is 1. The number of halogens is 3. The molecule has 0 rings (SSSR count). The van der Waals surface area contributed by atoms with Gasteiger partial charge >= 0.3 is 12.1 Å². The fourth-order valence-corrected chi connectivity index (χ4v) is 0.827. The number of carbonyl (C=O) groups excluding carboxylic acids is 1. The highest BCUT2D eigenvalue weighted by atomic mass is 19.4. The Morgan fingerprint density at radius 2 is 1.94 bits per heavy atom. The molecule has 0 spiro atoms. The molecular weight excluding hydrogens is 227 g/mol. The second kappa shape index (κ2) is 6.05. The molecule has 0 fully saturated rings. The standard InChI is InChI=1S/C9H16F3NO3/c1-3-16-7(14)8(2,13)6-15-5-4-9(10,11)12/h3-6,13H2,1-2H3. The maximum Gasteiger partial charge on any atom is 0.391 e. The van der Waals surface area contributed by atoms with Crippen molar-refractivity contribution in [1.29, 1.82) is 0 Å². The van der Waals surface area contributed by atoms with E-state index in [4.69, 9.17) is 10.5 Å². The average molecular weight is 243 g/mol. The molecular formula is C9H16F3NO3. The smallest absolute Gasteiger partial charge is 0.391 e. The van der Waals surface area contributed by atoms with Crippen LogP contribution in [0.5, 0.6) is 0 Å². The minimum atomic E-state index is -4.27. The predicted octanol–water partition coefficient (Wildman–Crippen LogP) is 1.24. The lowest BCUT2D eigenvalue weighted by atomic mass is 10.1. The van der Waals surface area contributed by atoms with Crippen molar-refractivity contribution in [1.82, 2.24) is 0 Å². The van der Waals surface area contributed by atoms with Crippen molar-refractivity contribution in [2.45, 2.75) is 32.0 Å². The zero-order chi connectivity index (χ0) is 12.8. The van der Waals surface area contributed by atoms with Gasteiger partial charge in [-0.15, -0.1) is 0 Å². The third kappa shape index (κ3) is 6.62. The summed E-state index contributed by atoms with van der Waals surface area (Å²) in [4.78, 5) is 11.2. The molecule has 0 aliphatic heterocycles. The summed E-state index contributed by atoms with van der Waals surface area (Å²) in [6.07, 6.45) is -5.33. The largest absolute Gasteiger partial charge is 0.465 e. The van der Waals surface area contributed by atoms with Gasteiger partial charge in [0.1, 0.15) is 5.54 Å². The molecule has 0 amide bonds. The summed E-state index contributed by atoms with van der Waals surface area (Å²) in [7, 11) is 0. The Labute approximate surface area is 91.9 Å². The van der Waals surface area contributed by atoms with Crippen molar-refractivity contribution in [3.05, 3.63) is 0 Å². The van der Waals surface area contributed by atoms with E-state index in [9.17, 15) is 18.0 Å². The van der Waals surface area contributed by atoms with Crippen molar-refractivity contribution < 1.29 is 27.4 Å². The van der Waals surface area contributed by atoms with Crippen LogP contribution in [0.2, 0.25) is 0 Å². The molecule has 0 aromatic heterocycles. The van der Waals surface area contributed by atoms with Gasteiger partial charge in [0.2, 0.25) is 0 Å². The monoisotopic (exact) mass is 243 g/mol. The van der Waals surface area contributed by atoms with E-state index in [1.165, 1.54) is 6.92 Å². The van der Waals surface area contributed by atoms with E-state index < -0.39 is 30.7 Å². The predicted molar refractivity (Wildman–Crippen MR) is 50.7 cm³/mol. The first kappa shape index (κ1) is 15.2. The molecule has 7 heteroatoms. The van der Waals surface area contributed by atoms with Crippen LogP contribution in [0.1, 0.15) is 20.3 Å². The van der Waals surface area contributed by atoms with Gasteiger partial charge in [-0.25, -0.2) is 4.79 Å². The van der Waals surface area contributed by atoms with Gasteiger partial charge in [0, 0.05) is 0 Å². The normalized spacial score (nSPS) is 15.6. The first-order chi connectivity index (χ1) is 7.19. The zero-order valence-electron chi connectivity index (χ0n) is 9.26. The number of rotatable bonds is 6. The van der Waals surface area contributed by atoms with E-state index in [1.54, 1.807) is 6.92 Å². The van der Waals surface area contributed by atoms with Crippen LogP contribution in [0.4, 0.5) is 13.2 Å². The van der Waals surface area contributed by atoms with Gasteiger partial charge in [-0.2, -0.15) is 13.2 Å².